The summed E-state index contributed by atoms with van der Waals surface area (Å²) >= 11 is 0. The average Bonchev–Trinajstić information content (AvgIpc) is 3.61. The van der Waals surface area contributed by atoms with Crippen LogP contribution >= 0.6 is 0 Å². The lowest BCUT2D eigenvalue weighted by atomic mass is 9.98. The first kappa shape index (κ1) is 26.5. The first-order valence-corrected chi connectivity index (χ1v) is 15.4. The number of carbonyl (C=O) groups is 1. The highest BCUT2D eigenvalue weighted by molar-refractivity contribution is 7.89. The fraction of sp³-hybridized carbons (Fsp3) is 0.769. The number of amides is 1. The van der Waals surface area contributed by atoms with Gasteiger partial charge in [0, 0.05) is 39.3 Å². The van der Waals surface area contributed by atoms with Crippen LogP contribution in [0.15, 0.2) is 18.3 Å². The molecule has 37 heavy (non-hydrogen) atoms. The Balaban J connectivity index is 1.00. The highest BCUT2D eigenvalue weighted by atomic mass is 32.2. The maximum Gasteiger partial charge on any atom is 0.410 e. The monoisotopic (exact) mass is 535 g/mol. The molecule has 3 aliphatic heterocycles. The van der Waals surface area contributed by atoms with E-state index >= 15 is 0 Å². The summed E-state index contributed by atoms with van der Waals surface area (Å²) in [6.45, 7) is 9.37. The summed E-state index contributed by atoms with van der Waals surface area (Å²) in [5.41, 5.74) is -0.227. The van der Waals surface area contributed by atoms with Gasteiger partial charge >= 0.3 is 6.09 Å². The number of hydrogen-bond acceptors (Lipinski definition) is 8. The number of rotatable bonds is 10. The number of sulfonamides is 1. The van der Waals surface area contributed by atoms with Crippen molar-refractivity contribution in [3.8, 4) is 5.75 Å². The van der Waals surface area contributed by atoms with E-state index in [1.807, 2.05) is 24.0 Å². The first-order chi connectivity index (χ1) is 17.8. The Hall–Kier alpha value is -2.11. The Morgan fingerprint density at radius 1 is 1.05 bits per heavy atom. The van der Waals surface area contributed by atoms with E-state index in [0.717, 1.165) is 56.9 Å². The van der Waals surface area contributed by atoms with Gasteiger partial charge in [-0.3, -0.25) is 0 Å². The summed E-state index contributed by atoms with van der Waals surface area (Å²) in [6.07, 6.45) is 7.24. The van der Waals surface area contributed by atoms with Crippen LogP contribution in [-0.4, -0.2) is 110 Å². The standard InChI is InChI=1S/C26H41N5O5S/c1-26(8-9-26)36-25(32)30-13-6-22(7-14-30)21-35-23-4-5-24(27-20-23)29-15-17-31(18-16-29)37(33,34)19-3-12-28-10-2-11-28/h4-5,20,22H,2-3,6-19,21H2,1H3. The lowest BCUT2D eigenvalue weighted by molar-refractivity contribution is 0.0456. The van der Waals surface area contributed by atoms with Crippen LogP contribution in [0, 0.1) is 5.92 Å². The molecule has 4 heterocycles. The predicted octanol–water partition coefficient (Wildman–Crippen LogP) is 2.41. The molecule has 1 aromatic heterocycles. The molecule has 206 valence electrons. The van der Waals surface area contributed by atoms with Gasteiger partial charge in [0.15, 0.2) is 0 Å². The highest BCUT2D eigenvalue weighted by Crippen LogP contribution is 2.39. The molecule has 0 radical (unpaired) electrons. The van der Waals surface area contributed by atoms with Crippen LogP contribution in [0.3, 0.4) is 0 Å². The molecule has 3 saturated heterocycles. The number of pyridine rings is 1. The van der Waals surface area contributed by atoms with Gasteiger partial charge in [-0.05, 0) is 83.1 Å². The van der Waals surface area contributed by atoms with Crippen LogP contribution in [0.1, 0.15) is 45.4 Å². The van der Waals surface area contributed by atoms with E-state index in [1.165, 1.54) is 6.42 Å². The van der Waals surface area contributed by atoms with Crippen LogP contribution in [0.5, 0.6) is 5.75 Å². The van der Waals surface area contributed by atoms with E-state index in [4.69, 9.17) is 9.47 Å². The fourth-order valence-electron chi connectivity index (χ4n) is 5.09. The van der Waals surface area contributed by atoms with Crippen LogP contribution in [0.25, 0.3) is 0 Å². The number of nitrogens with zero attached hydrogens (tertiary/aromatic N) is 5. The van der Waals surface area contributed by atoms with Crippen molar-refractivity contribution in [2.75, 3.05) is 76.2 Å². The topological polar surface area (TPSA) is 95.5 Å². The van der Waals surface area contributed by atoms with Crippen molar-refractivity contribution in [3.05, 3.63) is 18.3 Å². The van der Waals surface area contributed by atoms with Crippen LogP contribution in [0.2, 0.25) is 0 Å². The first-order valence-electron chi connectivity index (χ1n) is 13.8. The molecule has 11 heteroatoms. The van der Waals surface area contributed by atoms with Crippen molar-refractivity contribution in [3.63, 3.8) is 0 Å². The Morgan fingerprint density at radius 3 is 2.38 bits per heavy atom. The van der Waals surface area contributed by atoms with Gasteiger partial charge in [-0.25, -0.2) is 18.2 Å². The number of anilines is 1. The predicted molar refractivity (Wildman–Crippen MR) is 141 cm³/mol. The number of hydrogen-bond donors (Lipinski definition) is 0. The molecule has 0 spiro atoms. The van der Waals surface area contributed by atoms with E-state index in [0.29, 0.717) is 58.2 Å². The Bertz CT molecular complexity index is 1010. The highest BCUT2D eigenvalue weighted by Gasteiger charge is 2.43. The molecule has 0 aromatic carbocycles. The molecule has 0 unspecified atom stereocenters. The summed E-state index contributed by atoms with van der Waals surface area (Å²) in [4.78, 5) is 23.1. The van der Waals surface area contributed by atoms with Gasteiger partial charge in [-0.1, -0.05) is 0 Å². The van der Waals surface area contributed by atoms with Gasteiger partial charge in [0.2, 0.25) is 10.0 Å². The third-order valence-electron chi connectivity index (χ3n) is 8.15. The minimum Gasteiger partial charge on any atom is -0.492 e. The van der Waals surface area contributed by atoms with Crippen molar-refractivity contribution in [1.82, 2.24) is 19.1 Å². The van der Waals surface area contributed by atoms with Gasteiger partial charge in [0.05, 0.1) is 18.6 Å². The van der Waals surface area contributed by atoms with Gasteiger partial charge in [0.25, 0.3) is 0 Å². The molecule has 5 rings (SSSR count). The molecule has 4 fully saturated rings. The number of piperazine rings is 1. The van der Waals surface area contributed by atoms with Crippen LogP contribution < -0.4 is 9.64 Å². The number of carbonyl (C=O) groups excluding carboxylic acids is 1. The summed E-state index contributed by atoms with van der Waals surface area (Å²) in [5, 5.41) is 0. The van der Waals surface area contributed by atoms with E-state index in [-0.39, 0.29) is 17.4 Å². The van der Waals surface area contributed by atoms with E-state index in [2.05, 4.69) is 14.8 Å². The van der Waals surface area contributed by atoms with Crippen molar-refractivity contribution >= 4 is 21.9 Å². The number of piperidine rings is 1. The molecule has 10 nitrogen and oxygen atoms in total. The largest absolute Gasteiger partial charge is 0.492 e. The second-order valence-electron chi connectivity index (χ2n) is 11.2. The molecule has 0 bridgehead atoms. The average molecular weight is 536 g/mol. The quantitative estimate of drug-likeness (QED) is 0.451. The minimum atomic E-state index is -3.20. The summed E-state index contributed by atoms with van der Waals surface area (Å²) in [6, 6.07) is 3.88. The van der Waals surface area contributed by atoms with Crippen LogP contribution in [-0.2, 0) is 14.8 Å². The van der Waals surface area contributed by atoms with Crippen molar-refractivity contribution in [2.24, 2.45) is 5.92 Å². The third-order valence-corrected chi connectivity index (χ3v) is 10.1. The number of ether oxygens (including phenoxy) is 2. The van der Waals surface area contributed by atoms with Gasteiger partial charge in [0.1, 0.15) is 17.2 Å². The molecule has 1 aromatic rings. The van der Waals surface area contributed by atoms with Crippen molar-refractivity contribution in [1.29, 1.82) is 0 Å². The molecule has 1 amide bonds. The summed E-state index contributed by atoms with van der Waals surface area (Å²) < 4.78 is 38.6. The SMILES string of the molecule is CC1(OC(=O)N2CCC(COc3ccc(N4CCN(S(=O)(=O)CCCN5CCC5)CC4)nc3)CC2)CC1. The molecule has 0 atom stereocenters. The minimum absolute atomic E-state index is 0.181. The third kappa shape index (κ3) is 7.06. The molecular formula is C26H41N5O5S. The summed E-state index contributed by atoms with van der Waals surface area (Å²) in [7, 11) is -3.20. The zero-order chi connectivity index (χ0) is 25.9. The zero-order valence-electron chi connectivity index (χ0n) is 22.0. The van der Waals surface area contributed by atoms with Crippen LogP contribution in [0.4, 0.5) is 10.6 Å². The van der Waals surface area contributed by atoms with Gasteiger partial charge in [-0.2, -0.15) is 4.31 Å². The molecule has 0 N–H and O–H groups in total. The van der Waals surface area contributed by atoms with Crippen molar-refractivity contribution < 1.29 is 22.7 Å². The van der Waals surface area contributed by atoms with E-state index in [9.17, 15) is 13.2 Å². The number of aromatic nitrogens is 1. The maximum atomic E-state index is 12.7. The van der Waals surface area contributed by atoms with E-state index in [1.54, 1.807) is 10.5 Å². The number of likely N-dealkylation sites (tertiary alicyclic amines) is 2. The Labute approximate surface area is 220 Å². The molecule has 1 saturated carbocycles. The van der Waals surface area contributed by atoms with Crippen molar-refractivity contribution in [2.45, 2.75) is 51.0 Å². The Morgan fingerprint density at radius 2 is 1.78 bits per heavy atom. The second-order valence-corrected chi connectivity index (χ2v) is 13.3. The second kappa shape index (κ2) is 11.3. The Kier molecular flexibility index (Phi) is 8.11. The zero-order valence-corrected chi connectivity index (χ0v) is 22.8. The molecular weight excluding hydrogens is 494 g/mol. The van der Waals surface area contributed by atoms with Gasteiger partial charge in [-0.15, -0.1) is 0 Å². The molecule has 4 aliphatic rings. The fourth-order valence-corrected chi connectivity index (χ4v) is 6.57. The maximum absolute atomic E-state index is 12.7. The lowest BCUT2D eigenvalue weighted by Crippen LogP contribution is -2.49. The normalized spacial score (nSPS) is 22.9. The lowest BCUT2D eigenvalue weighted by Gasteiger charge is -2.35. The van der Waals surface area contributed by atoms with E-state index < -0.39 is 10.0 Å². The smallest absolute Gasteiger partial charge is 0.410 e. The molecule has 1 aliphatic carbocycles. The van der Waals surface area contributed by atoms with Gasteiger partial charge < -0.3 is 24.2 Å². The summed E-state index contributed by atoms with van der Waals surface area (Å²) in [5.74, 6) is 2.21.